The van der Waals surface area contributed by atoms with E-state index in [-0.39, 0.29) is 36.0 Å². The number of pyridine rings is 2. The lowest BCUT2D eigenvalue weighted by Gasteiger charge is -2.28. The SMILES string of the molecule is CCN(C(=O)c1cc(C(F)(F)F)cnc1-n1cccn1)[C@@H](C)COc1ccc(C(C)(F)F)cn1. The molecule has 3 aromatic rings. The fourth-order valence-corrected chi connectivity index (χ4v) is 3.18. The maximum Gasteiger partial charge on any atom is 0.417 e. The Morgan fingerprint density at radius 2 is 1.85 bits per heavy atom. The number of aromatic nitrogens is 4. The third-order valence-corrected chi connectivity index (χ3v) is 5.00. The third kappa shape index (κ3) is 5.67. The summed E-state index contributed by atoms with van der Waals surface area (Å²) in [5.41, 5.74) is -1.62. The Balaban J connectivity index is 1.82. The van der Waals surface area contributed by atoms with E-state index in [1.54, 1.807) is 19.9 Å². The maximum absolute atomic E-state index is 13.3. The number of hydrogen-bond acceptors (Lipinski definition) is 5. The number of ether oxygens (including phenoxy) is 1. The van der Waals surface area contributed by atoms with Gasteiger partial charge in [-0.25, -0.2) is 23.4 Å². The van der Waals surface area contributed by atoms with E-state index in [2.05, 4.69) is 15.1 Å². The molecule has 0 aliphatic heterocycles. The van der Waals surface area contributed by atoms with Crippen LogP contribution in [0.4, 0.5) is 22.0 Å². The van der Waals surface area contributed by atoms with Gasteiger partial charge in [-0.15, -0.1) is 0 Å². The zero-order valence-corrected chi connectivity index (χ0v) is 18.6. The summed E-state index contributed by atoms with van der Waals surface area (Å²) in [6.07, 6.45) is -0.179. The first-order valence-electron chi connectivity index (χ1n) is 10.3. The van der Waals surface area contributed by atoms with Crippen LogP contribution in [0, 0.1) is 0 Å². The third-order valence-electron chi connectivity index (χ3n) is 5.00. The molecular weight excluding hydrogens is 461 g/mol. The molecule has 12 heteroatoms. The lowest BCUT2D eigenvalue weighted by Crippen LogP contribution is -2.42. The van der Waals surface area contributed by atoms with Gasteiger partial charge in [0.2, 0.25) is 5.88 Å². The normalized spacial score (nSPS) is 12.9. The zero-order valence-electron chi connectivity index (χ0n) is 18.6. The van der Waals surface area contributed by atoms with Crippen LogP contribution in [0.5, 0.6) is 5.88 Å². The number of carbonyl (C=O) groups is 1. The first-order chi connectivity index (χ1) is 15.9. The minimum Gasteiger partial charge on any atom is -0.475 e. The van der Waals surface area contributed by atoms with Crippen molar-refractivity contribution in [2.75, 3.05) is 13.2 Å². The molecule has 0 aliphatic carbocycles. The van der Waals surface area contributed by atoms with E-state index in [1.165, 1.54) is 34.1 Å². The van der Waals surface area contributed by atoms with Gasteiger partial charge in [-0.2, -0.15) is 18.3 Å². The summed E-state index contributed by atoms with van der Waals surface area (Å²) in [6, 6.07) is 4.17. The molecule has 0 saturated carbocycles. The lowest BCUT2D eigenvalue weighted by molar-refractivity contribution is -0.137. The van der Waals surface area contributed by atoms with E-state index in [0.29, 0.717) is 6.20 Å². The molecule has 0 N–H and O–H groups in total. The highest BCUT2D eigenvalue weighted by Crippen LogP contribution is 2.31. The van der Waals surface area contributed by atoms with Crippen LogP contribution in [0.25, 0.3) is 5.82 Å². The summed E-state index contributed by atoms with van der Waals surface area (Å²) in [5.74, 6) is -3.72. The lowest BCUT2D eigenvalue weighted by atomic mass is 10.1. The molecular formula is C22H22F5N5O2. The number of hydrogen-bond donors (Lipinski definition) is 0. The van der Waals surface area contributed by atoms with Gasteiger partial charge < -0.3 is 9.64 Å². The van der Waals surface area contributed by atoms with Gasteiger partial charge in [-0.05, 0) is 32.0 Å². The van der Waals surface area contributed by atoms with Crippen LogP contribution < -0.4 is 4.74 Å². The smallest absolute Gasteiger partial charge is 0.417 e. The predicted octanol–water partition coefficient (Wildman–Crippen LogP) is 4.72. The number of halogens is 5. The van der Waals surface area contributed by atoms with Crippen LogP contribution in [0.2, 0.25) is 0 Å². The van der Waals surface area contributed by atoms with E-state index >= 15 is 0 Å². The van der Waals surface area contributed by atoms with Crippen molar-refractivity contribution in [3.05, 3.63) is 65.7 Å². The van der Waals surface area contributed by atoms with Crippen molar-refractivity contribution in [1.29, 1.82) is 0 Å². The molecule has 7 nitrogen and oxygen atoms in total. The molecule has 0 fully saturated rings. The molecule has 0 unspecified atom stereocenters. The van der Waals surface area contributed by atoms with Gasteiger partial charge in [0.25, 0.3) is 11.8 Å². The van der Waals surface area contributed by atoms with Crippen molar-refractivity contribution in [2.24, 2.45) is 0 Å². The van der Waals surface area contributed by atoms with Crippen LogP contribution >= 0.6 is 0 Å². The van der Waals surface area contributed by atoms with Crippen LogP contribution in [0.3, 0.4) is 0 Å². The molecule has 34 heavy (non-hydrogen) atoms. The molecule has 0 aromatic carbocycles. The van der Waals surface area contributed by atoms with E-state index in [1.807, 2.05) is 0 Å². The summed E-state index contributed by atoms with van der Waals surface area (Å²) >= 11 is 0. The standard InChI is InChI=1S/C22H22F5N5O2/c1-4-31(14(2)13-34-18-7-6-15(11-28-18)21(3,23)24)20(33)17-10-16(22(25,26)27)12-29-19(17)32-9-5-8-30-32/h5-12,14H,4,13H2,1-3H3/t14-/m0/s1. The Labute approximate surface area is 192 Å². The molecule has 3 rings (SSSR count). The van der Waals surface area contributed by atoms with E-state index in [9.17, 15) is 26.7 Å². The van der Waals surface area contributed by atoms with Gasteiger partial charge in [0.1, 0.15) is 6.61 Å². The molecule has 1 amide bonds. The second-order valence-corrected chi connectivity index (χ2v) is 7.57. The average Bonchev–Trinajstić information content (AvgIpc) is 3.31. The van der Waals surface area contributed by atoms with E-state index < -0.39 is 29.6 Å². The second-order valence-electron chi connectivity index (χ2n) is 7.57. The Bertz CT molecular complexity index is 1110. The van der Waals surface area contributed by atoms with E-state index in [4.69, 9.17) is 4.74 Å². The molecule has 0 bridgehead atoms. The summed E-state index contributed by atoms with van der Waals surface area (Å²) < 4.78 is 73.3. The van der Waals surface area contributed by atoms with Crippen LogP contribution in [0.1, 0.15) is 42.3 Å². The number of rotatable bonds is 8. The van der Waals surface area contributed by atoms with E-state index in [0.717, 1.165) is 19.2 Å². The van der Waals surface area contributed by atoms with Crippen LogP contribution in [-0.2, 0) is 12.1 Å². The minimum atomic E-state index is -4.69. The van der Waals surface area contributed by atoms with Crippen molar-refractivity contribution in [3.63, 3.8) is 0 Å². The quantitative estimate of drug-likeness (QED) is 0.434. The molecule has 182 valence electrons. The number of alkyl halides is 5. The highest BCUT2D eigenvalue weighted by atomic mass is 19.4. The minimum absolute atomic E-state index is 0.0488. The fourth-order valence-electron chi connectivity index (χ4n) is 3.18. The Hall–Kier alpha value is -3.57. The highest BCUT2D eigenvalue weighted by Gasteiger charge is 2.34. The Kier molecular flexibility index (Phi) is 7.18. The van der Waals surface area contributed by atoms with Gasteiger partial charge in [-0.3, -0.25) is 4.79 Å². The van der Waals surface area contributed by atoms with Gasteiger partial charge in [0.15, 0.2) is 5.82 Å². The molecule has 0 saturated heterocycles. The summed E-state index contributed by atoms with van der Waals surface area (Å²) in [4.78, 5) is 22.3. The molecule has 0 aliphatic rings. The van der Waals surface area contributed by atoms with Crippen molar-refractivity contribution in [1.82, 2.24) is 24.6 Å². The molecule has 0 spiro atoms. The van der Waals surface area contributed by atoms with Crippen molar-refractivity contribution < 1.29 is 31.5 Å². The largest absolute Gasteiger partial charge is 0.475 e. The predicted molar refractivity (Wildman–Crippen MR) is 112 cm³/mol. The average molecular weight is 483 g/mol. The van der Waals surface area contributed by atoms with Gasteiger partial charge >= 0.3 is 6.18 Å². The number of carbonyl (C=O) groups excluding carboxylic acids is 1. The Morgan fingerprint density at radius 3 is 2.38 bits per heavy atom. The highest BCUT2D eigenvalue weighted by molar-refractivity contribution is 5.97. The van der Waals surface area contributed by atoms with Crippen molar-refractivity contribution in [2.45, 2.75) is 38.9 Å². The zero-order chi connectivity index (χ0) is 25.1. The summed E-state index contributed by atoms with van der Waals surface area (Å²) in [7, 11) is 0. The summed E-state index contributed by atoms with van der Waals surface area (Å²) in [6.45, 7) is 4.14. The van der Waals surface area contributed by atoms with Crippen LogP contribution in [-0.4, -0.2) is 49.7 Å². The number of likely N-dealkylation sites (N-methyl/N-ethyl adjacent to an activating group) is 1. The van der Waals surface area contributed by atoms with Gasteiger partial charge in [0, 0.05) is 49.9 Å². The van der Waals surface area contributed by atoms with Crippen LogP contribution in [0.15, 0.2) is 49.1 Å². The van der Waals surface area contributed by atoms with Gasteiger partial charge in [0.05, 0.1) is 17.2 Å². The summed E-state index contributed by atoms with van der Waals surface area (Å²) in [5, 5.41) is 3.97. The second kappa shape index (κ2) is 9.74. The molecule has 1 atom stereocenters. The first-order valence-corrected chi connectivity index (χ1v) is 10.3. The Morgan fingerprint density at radius 1 is 1.15 bits per heavy atom. The maximum atomic E-state index is 13.3. The number of amides is 1. The molecule has 3 heterocycles. The monoisotopic (exact) mass is 483 g/mol. The fraction of sp³-hybridized carbons (Fsp3) is 0.364. The molecule has 3 aromatic heterocycles. The van der Waals surface area contributed by atoms with Crippen molar-refractivity contribution in [3.8, 4) is 11.7 Å². The topological polar surface area (TPSA) is 73.1 Å². The first kappa shape index (κ1) is 25.1. The number of nitrogens with zero attached hydrogens (tertiary/aromatic N) is 5. The van der Waals surface area contributed by atoms with Crippen molar-refractivity contribution >= 4 is 5.91 Å². The molecule has 0 radical (unpaired) electrons. The van der Waals surface area contributed by atoms with Gasteiger partial charge in [-0.1, -0.05) is 0 Å².